The number of rotatable bonds is 4. The van der Waals surface area contributed by atoms with Gasteiger partial charge in [0, 0.05) is 19.1 Å². The first-order chi connectivity index (χ1) is 5.34. The van der Waals surface area contributed by atoms with Crippen molar-refractivity contribution in [2.75, 3.05) is 13.7 Å². The van der Waals surface area contributed by atoms with Gasteiger partial charge in [-0.1, -0.05) is 0 Å². The SMILES string of the molecule is COCCC(Cl)c1ccsn1. The van der Waals surface area contributed by atoms with E-state index in [1.54, 1.807) is 7.11 Å². The summed E-state index contributed by atoms with van der Waals surface area (Å²) in [4.78, 5) is 0. The summed E-state index contributed by atoms with van der Waals surface area (Å²) in [5.41, 5.74) is 0.953. The zero-order valence-corrected chi connectivity index (χ0v) is 7.86. The zero-order valence-electron chi connectivity index (χ0n) is 6.29. The van der Waals surface area contributed by atoms with Crippen LogP contribution in [0.2, 0.25) is 0 Å². The highest BCUT2D eigenvalue weighted by Crippen LogP contribution is 2.22. The third kappa shape index (κ3) is 2.77. The van der Waals surface area contributed by atoms with E-state index >= 15 is 0 Å². The predicted octanol–water partition coefficient (Wildman–Crippen LogP) is 2.46. The van der Waals surface area contributed by atoms with Gasteiger partial charge in [-0.25, -0.2) is 0 Å². The van der Waals surface area contributed by atoms with Gasteiger partial charge < -0.3 is 4.74 Å². The van der Waals surface area contributed by atoms with Crippen molar-refractivity contribution in [1.29, 1.82) is 0 Å². The number of ether oxygens (including phenoxy) is 1. The molecule has 11 heavy (non-hydrogen) atoms. The molecular weight excluding hydrogens is 182 g/mol. The van der Waals surface area contributed by atoms with Gasteiger partial charge in [0.15, 0.2) is 0 Å². The van der Waals surface area contributed by atoms with Crippen LogP contribution in [-0.2, 0) is 4.74 Å². The van der Waals surface area contributed by atoms with Crippen molar-refractivity contribution in [2.24, 2.45) is 0 Å². The van der Waals surface area contributed by atoms with Crippen molar-refractivity contribution in [3.63, 3.8) is 0 Å². The maximum atomic E-state index is 5.99. The van der Waals surface area contributed by atoms with E-state index in [0.29, 0.717) is 6.61 Å². The van der Waals surface area contributed by atoms with Gasteiger partial charge in [-0.15, -0.1) is 11.6 Å². The van der Waals surface area contributed by atoms with Gasteiger partial charge in [-0.3, -0.25) is 0 Å². The standard InChI is InChI=1S/C7H10ClNOS/c1-10-4-2-6(8)7-3-5-11-9-7/h3,5-6H,2,4H2,1H3. The van der Waals surface area contributed by atoms with Crippen molar-refractivity contribution < 1.29 is 4.74 Å². The van der Waals surface area contributed by atoms with Gasteiger partial charge in [-0.2, -0.15) is 4.37 Å². The van der Waals surface area contributed by atoms with Crippen LogP contribution in [0.1, 0.15) is 17.5 Å². The molecule has 0 aromatic carbocycles. The molecule has 0 spiro atoms. The van der Waals surface area contributed by atoms with Gasteiger partial charge in [0.2, 0.25) is 0 Å². The first-order valence-corrected chi connectivity index (χ1v) is 4.65. The molecule has 2 nitrogen and oxygen atoms in total. The molecule has 0 aliphatic carbocycles. The second-order valence-electron chi connectivity index (χ2n) is 2.17. The summed E-state index contributed by atoms with van der Waals surface area (Å²) in [5.74, 6) is 0. The van der Waals surface area contributed by atoms with Crippen LogP contribution in [0.4, 0.5) is 0 Å². The quantitative estimate of drug-likeness (QED) is 0.683. The monoisotopic (exact) mass is 191 g/mol. The Hall–Kier alpha value is -0.120. The third-order valence-corrected chi connectivity index (χ3v) is 2.37. The molecule has 1 rings (SSSR count). The number of aromatic nitrogens is 1. The molecule has 1 aromatic heterocycles. The van der Waals surface area contributed by atoms with E-state index in [1.807, 2.05) is 11.4 Å². The molecule has 1 heterocycles. The van der Waals surface area contributed by atoms with E-state index in [0.717, 1.165) is 12.1 Å². The summed E-state index contributed by atoms with van der Waals surface area (Å²) < 4.78 is 9.02. The minimum absolute atomic E-state index is 0.00111. The minimum atomic E-state index is 0.00111. The molecule has 0 aliphatic heterocycles. The molecule has 1 aromatic rings. The van der Waals surface area contributed by atoms with Gasteiger partial charge in [0.25, 0.3) is 0 Å². The fourth-order valence-electron chi connectivity index (χ4n) is 0.753. The maximum absolute atomic E-state index is 5.99. The van der Waals surface area contributed by atoms with E-state index in [2.05, 4.69) is 4.37 Å². The van der Waals surface area contributed by atoms with Crippen LogP contribution in [0.25, 0.3) is 0 Å². The molecule has 0 N–H and O–H groups in total. The van der Waals surface area contributed by atoms with E-state index < -0.39 is 0 Å². The van der Waals surface area contributed by atoms with Gasteiger partial charge in [0.05, 0.1) is 11.1 Å². The Balaban J connectivity index is 2.36. The summed E-state index contributed by atoms with van der Waals surface area (Å²) in [6.07, 6.45) is 0.821. The number of hydrogen-bond acceptors (Lipinski definition) is 3. The molecule has 1 unspecified atom stereocenters. The molecule has 0 radical (unpaired) electrons. The van der Waals surface area contributed by atoms with Crippen molar-refractivity contribution in [1.82, 2.24) is 4.37 Å². The van der Waals surface area contributed by atoms with Gasteiger partial charge in [-0.05, 0) is 24.0 Å². The lowest BCUT2D eigenvalue weighted by atomic mass is 10.2. The predicted molar refractivity (Wildman–Crippen MR) is 47.2 cm³/mol. The fourth-order valence-corrected chi connectivity index (χ4v) is 1.59. The molecule has 1 atom stereocenters. The van der Waals surface area contributed by atoms with Crippen molar-refractivity contribution in [3.05, 3.63) is 17.1 Å². The van der Waals surface area contributed by atoms with Crippen LogP contribution in [-0.4, -0.2) is 18.1 Å². The lowest BCUT2D eigenvalue weighted by Gasteiger charge is -2.03. The van der Waals surface area contributed by atoms with E-state index in [4.69, 9.17) is 16.3 Å². The average molecular weight is 192 g/mol. The Morgan fingerprint density at radius 2 is 2.64 bits per heavy atom. The lowest BCUT2D eigenvalue weighted by Crippen LogP contribution is -1.96. The first-order valence-electron chi connectivity index (χ1n) is 3.38. The smallest absolute Gasteiger partial charge is 0.0790 e. The van der Waals surface area contributed by atoms with Crippen LogP contribution in [0.5, 0.6) is 0 Å². The number of hydrogen-bond donors (Lipinski definition) is 0. The summed E-state index contributed by atoms with van der Waals surface area (Å²) in [6.45, 7) is 0.686. The largest absolute Gasteiger partial charge is 0.385 e. The molecule has 0 bridgehead atoms. The number of alkyl halides is 1. The summed E-state index contributed by atoms with van der Waals surface area (Å²) >= 11 is 7.42. The van der Waals surface area contributed by atoms with Crippen LogP contribution in [0.3, 0.4) is 0 Å². The highest BCUT2D eigenvalue weighted by molar-refractivity contribution is 7.03. The highest BCUT2D eigenvalue weighted by Gasteiger charge is 2.08. The highest BCUT2D eigenvalue weighted by atomic mass is 35.5. The van der Waals surface area contributed by atoms with Crippen molar-refractivity contribution in [3.8, 4) is 0 Å². The summed E-state index contributed by atoms with van der Waals surface area (Å²) in [7, 11) is 1.67. The van der Waals surface area contributed by atoms with Gasteiger partial charge in [0.1, 0.15) is 0 Å². The molecular formula is C7H10ClNOS. The molecule has 0 amide bonds. The molecule has 0 fully saturated rings. The molecule has 0 aliphatic rings. The number of methoxy groups -OCH3 is 1. The topological polar surface area (TPSA) is 22.1 Å². The van der Waals surface area contributed by atoms with Crippen LogP contribution < -0.4 is 0 Å². The Labute approximate surface area is 75.3 Å². The maximum Gasteiger partial charge on any atom is 0.0790 e. The van der Waals surface area contributed by atoms with Crippen LogP contribution >= 0.6 is 23.1 Å². The average Bonchev–Trinajstić information content (AvgIpc) is 2.52. The molecule has 0 saturated heterocycles. The van der Waals surface area contributed by atoms with E-state index in [1.165, 1.54) is 11.5 Å². The van der Waals surface area contributed by atoms with Crippen molar-refractivity contribution in [2.45, 2.75) is 11.8 Å². The normalized spacial score (nSPS) is 13.3. The minimum Gasteiger partial charge on any atom is -0.385 e. The number of halogens is 1. The Bertz CT molecular complexity index is 190. The molecule has 4 heteroatoms. The Kier molecular flexibility index (Phi) is 3.83. The molecule has 62 valence electrons. The van der Waals surface area contributed by atoms with Gasteiger partial charge >= 0.3 is 0 Å². The van der Waals surface area contributed by atoms with Crippen LogP contribution in [0.15, 0.2) is 11.4 Å². The summed E-state index contributed by atoms with van der Waals surface area (Å²) in [5, 5.41) is 1.93. The Morgan fingerprint density at radius 1 is 1.82 bits per heavy atom. The fraction of sp³-hybridized carbons (Fsp3) is 0.571. The van der Waals surface area contributed by atoms with Crippen molar-refractivity contribution >= 4 is 23.1 Å². The van der Waals surface area contributed by atoms with E-state index in [-0.39, 0.29) is 5.38 Å². The molecule has 0 saturated carbocycles. The van der Waals surface area contributed by atoms with Crippen LogP contribution in [0, 0.1) is 0 Å². The van der Waals surface area contributed by atoms with E-state index in [9.17, 15) is 0 Å². The number of nitrogens with zero attached hydrogens (tertiary/aromatic N) is 1. The third-order valence-electron chi connectivity index (χ3n) is 1.35. The first kappa shape index (κ1) is 8.97. The summed E-state index contributed by atoms with van der Waals surface area (Å²) in [6, 6.07) is 1.94. The lowest BCUT2D eigenvalue weighted by molar-refractivity contribution is 0.194. The second kappa shape index (κ2) is 4.70. The second-order valence-corrected chi connectivity index (χ2v) is 3.37. The Morgan fingerprint density at radius 3 is 3.18 bits per heavy atom. The zero-order chi connectivity index (χ0) is 8.10.